The molecule has 1 aliphatic heterocycles. The summed E-state index contributed by atoms with van der Waals surface area (Å²) < 4.78 is 5.10. The predicted molar refractivity (Wildman–Crippen MR) is 78.6 cm³/mol. The first-order chi connectivity index (χ1) is 10.1. The molecule has 0 bridgehead atoms. The van der Waals surface area contributed by atoms with E-state index >= 15 is 0 Å². The van der Waals surface area contributed by atoms with Gasteiger partial charge in [-0.1, -0.05) is 42.5 Å². The Morgan fingerprint density at radius 2 is 2.10 bits per heavy atom. The number of carbonyl (C=O) groups is 2. The predicted octanol–water partition coefficient (Wildman–Crippen LogP) is 2.93. The van der Waals surface area contributed by atoms with Crippen molar-refractivity contribution in [1.29, 1.82) is 0 Å². The molecule has 0 radical (unpaired) electrons. The number of benzene rings is 1. The van der Waals surface area contributed by atoms with E-state index in [1.54, 1.807) is 0 Å². The van der Waals surface area contributed by atoms with Crippen LogP contribution in [0.25, 0.3) is 0 Å². The van der Waals surface area contributed by atoms with Gasteiger partial charge in [-0.3, -0.25) is 4.79 Å². The van der Waals surface area contributed by atoms with Gasteiger partial charge in [0.05, 0.1) is 6.04 Å². The summed E-state index contributed by atoms with van der Waals surface area (Å²) in [5.41, 5.74) is 2.20. The summed E-state index contributed by atoms with van der Waals surface area (Å²) in [5.74, 6) is -0.210. The maximum Gasteiger partial charge on any atom is 0.416 e. The highest BCUT2D eigenvalue weighted by Crippen LogP contribution is 2.32. The Balaban J connectivity index is 1.73. The van der Waals surface area contributed by atoms with Gasteiger partial charge in [-0.2, -0.15) is 0 Å². The molecule has 0 aromatic heterocycles. The number of ether oxygens (including phenoxy) is 1. The monoisotopic (exact) mass is 285 g/mol. The smallest absolute Gasteiger partial charge is 0.416 e. The van der Waals surface area contributed by atoms with Crippen LogP contribution in [-0.2, 0) is 16.0 Å². The second kappa shape index (κ2) is 5.72. The van der Waals surface area contributed by atoms with Crippen molar-refractivity contribution in [2.45, 2.75) is 31.7 Å². The third kappa shape index (κ3) is 2.84. The average molecular weight is 285 g/mol. The minimum Gasteiger partial charge on any atom is -0.447 e. The molecule has 1 saturated heterocycles. The lowest BCUT2D eigenvalue weighted by molar-refractivity contribution is -0.133. The van der Waals surface area contributed by atoms with Gasteiger partial charge < -0.3 is 4.74 Å². The first-order valence-corrected chi connectivity index (χ1v) is 7.35. The molecule has 2 amide bonds. The van der Waals surface area contributed by atoms with Crippen molar-refractivity contribution in [3.05, 3.63) is 48.0 Å². The Morgan fingerprint density at radius 3 is 2.76 bits per heavy atom. The van der Waals surface area contributed by atoms with E-state index in [4.69, 9.17) is 4.74 Å². The zero-order valence-electron chi connectivity index (χ0n) is 12.0. The fraction of sp³-hybridized carbons (Fsp3) is 0.412. The number of carbonyl (C=O) groups excluding carboxylic acids is 2. The molecule has 3 rings (SSSR count). The van der Waals surface area contributed by atoms with Crippen LogP contribution < -0.4 is 0 Å². The van der Waals surface area contributed by atoms with Crippen LogP contribution in [0, 0.1) is 5.92 Å². The van der Waals surface area contributed by atoms with Crippen molar-refractivity contribution < 1.29 is 14.3 Å². The average Bonchev–Trinajstić information content (AvgIpc) is 3.06. The summed E-state index contributed by atoms with van der Waals surface area (Å²) in [6, 6.07) is 9.68. The van der Waals surface area contributed by atoms with Crippen molar-refractivity contribution in [3.63, 3.8) is 0 Å². The van der Waals surface area contributed by atoms with Gasteiger partial charge in [0.25, 0.3) is 0 Å². The third-order valence-electron chi connectivity index (χ3n) is 4.24. The number of amides is 2. The van der Waals surface area contributed by atoms with Gasteiger partial charge in [0.2, 0.25) is 5.91 Å². The Morgan fingerprint density at radius 1 is 1.33 bits per heavy atom. The molecule has 1 aromatic rings. The van der Waals surface area contributed by atoms with Gasteiger partial charge in [-0.05, 0) is 31.2 Å². The summed E-state index contributed by atoms with van der Waals surface area (Å²) in [6.07, 6.45) is 2.51. The van der Waals surface area contributed by atoms with E-state index < -0.39 is 6.09 Å². The number of rotatable bonds is 3. The van der Waals surface area contributed by atoms with Crippen molar-refractivity contribution >= 4 is 12.0 Å². The molecule has 1 aromatic carbocycles. The van der Waals surface area contributed by atoms with E-state index in [0.717, 1.165) is 24.0 Å². The van der Waals surface area contributed by atoms with Gasteiger partial charge in [0, 0.05) is 5.92 Å². The van der Waals surface area contributed by atoms with E-state index in [0.29, 0.717) is 12.8 Å². The molecule has 2 atom stereocenters. The summed E-state index contributed by atoms with van der Waals surface area (Å²) in [6.45, 7) is 4.22. The molecule has 0 spiro atoms. The molecule has 1 heterocycles. The molecule has 2 fully saturated rings. The van der Waals surface area contributed by atoms with Crippen LogP contribution in [0.5, 0.6) is 0 Å². The van der Waals surface area contributed by atoms with Crippen molar-refractivity contribution in [2.75, 3.05) is 6.61 Å². The van der Waals surface area contributed by atoms with E-state index in [1.807, 2.05) is 30.3 Å². The summed E-state index contributed by atoms with van der Waals surface area (Å²) in [5, 5.41) is 0. The first kappa shape index (κ1) is 13.9. The van der Waals surface area contributed by atoms with Gasteiger partial charge in [-0.15, -0.1) is 0 Å². The molecule has 4 heteroatoms. The molecular weight excluding hydrogens is 266 g/mol. The second-order valence-corrected chi connectivity index (χ2v) is 5.82. The molecule has 1 saturated carbocycles. The van der Waals surface area contributed by atoms with Crippen LogP contribution >= 0.6 is 0 Å². The molecule has 1 unspecified atom stereocenters. The molecule has 0 N–H and O–H groups in total. The number of hydrogen-bond acceptors (Lipinski definition) is 3. The number of cyclic esters (lactones) is 1. The van der Waals surface area contributed by atoms with Crippen LogP contribution in [0.1, 0.15) is 24.8 Å². The van der Waals surface area contributed by atoms with E-state index in [1.165, 1.54) is 4.90 Å². The van der Waals surface area contributed by atoms with E-state index in [2.05, 4.69) is 6.58 Å². The second-order valence-electron chi connectivity index (χ2n) is 5.82. The molecule has 4 nitrogen and oxygen atoms in total. The summed E-state index contributed by atoms with van der Waals surface area (Å²) in [4.78, 5) is 25.8. The van der Waals surface area contributed by atoms with Gasteiger partial charge in [-0.25, -0.2) is 9.69 Å². The highest BCUT2D eigenvalue weighted by molar-refractivity contribution is 5.95. The SMILES string of the molecule is C=C1CC[C@@H](C(=O)N2C(=O)OCC2Cc2ccccc2)C1. The van der Waals surface area contributed by atoms with Crippen LogP contribution in [0.4, 0.5) is 4.79 Å². The standard InChI is InChI=1S/C17H19NO3/c1-12-7-8-14(9-12)16(19)18-15(11-21-17(18)20)10-13-5-3-2-4-6-13/h2-6,14-15H,1,7-11H2/t14-,15?/m1/s1. The minimum atomic E-state index is -0.501. The Bertz CT molecular complexity index is 567. The van der Waals surface area contributed by atoms with Crippen LogP contribution in [0.2, 0.25) is 0 Å². The lowest BCUT2D eigenvalue weighted by atomic mass is 10.0. The Labute approximate surface area is 124 Å². The molecule has 21 heavy (non-hydrogen) atoms. The first-order valence-electron chi connectivity index (χ1n) is 7.35. The van der Waals surface area contributed by atoms with Gasteiger partial charge in [0.1, 0.15) is 6.61 Å². The number of imide groups is 1. The van der Waals surface area contributed by atoms with Gasteiger partial charge in [0.15, 0.2) is 0 Å². The quantitative estimate of drug-likeness (QED) is 0.802. The zero-order chi connectivity index (χ0) is 14.8. The molecule has 1 aliphatic carbocycles. The third-order valence-corrected chi connectivity index (χ3v) is 4.24. The maximum atomic E-state index is 12.6. The molecule has 2 aliphatic rings. The normalized spacial score (nSPS) is 25.2. The fourth-order valence-electron chi connectivity index (χ4n) is 3.11. The summed E-state index contributed by atoms with van der Waals surface area (Å²) >= 11 is 0. The highest BCUT2D eigenvalue weighted by Gasteiger charge is 2.41. The van der Waals surface area contributed by atoms with Crippen molar-refractivity contribution in [2.24, 2.45) is 5.92 Å². The highest BCUT2D eigenvalue weighted by atomic mass is 16.6. The van der Waals surface area contributed by atoms with Crippen molar-refractivity contribution in [1.82, 2.24) is 4.90 Å². The van der Waals surface area contributed by atoms with Crippen molar-refractivity contribution in [3.8, 4) is 0 Å². The lowest BCUT2D eigenvalue weighted by Gasteiger charge is -2.22. The van der Waals surface area contributed by atoms with Gasteiger partial charge >= 0.3 is 6.09 Å². The fourth-order valence-corrected chi connectivity index (χ4v) is 3.11. The Hall–Kier alpha value is -2.10. The summed E-state index contributed by atoms with van der Waals surface area (Å²) in [7, 11) is 0. The largest absolute Gasteiger partial charge is 0.447 e. The Kier molecular flexibility index (Phi) is 3.78. The van der Waals surface area contributed by atoms with Crippen LogP contribution in [0.15, 0.2) is 42.5 Å². The maximum absolute atomic E-state index is 12.6. The van der Waals surface area contributed by atoms with Crippen LogP contribution in [0.3, 0.4) is 0 Å². The topological polar surface area (TPSA) is 46.6 Å². The lowest BCUT2D eigenvalue weighted by Crippen LogP contribution is -2.43. The van der Waals surface area contributed by atoms with E-state index in [-0.39, 0.29) is 24.5 Å². The molecular formula is C17H19NO3. The number of allylic oxidation sites excluding steroid dienone is 1. The zero-order valence-corrected chi connectivity index (χ0v) is 12.0. The molecule has 110 valence electrons. The minimum absolute atomic E-state index is 0.0999. The number of nitrogens with zero attached hydrogens (tertiary/aromatic N) is 1. The van der Waals surface area contributed by atoms with Crippen LogP contribution in [-0.4, -0.2) is 29.5 Å². The van der Waals surface area contributed by atoms with E-state index in [9.17, 15) is 9.59 Å². The number of hydrogen-bond donors (Lipinski definition) is 0.